The Balaban J connectivity index is 0.00000272. The topological polar surface area (TPSA) is 82.4 Å². The fraction of sp³-hybridized carbons (Fsp3) is 0.318. The van der Waals surface area contributed by atoms with Crippen LogP contribution in [0.5, 0.6) is 0 Å². The predicted molar refractivity (Wildman–Crippen MR) is 133 cm³/mol. The zero-order valence-electron chi connectivity index (χ0n) is 17.4. The highest BCUT2D eigenvalue weighted by Crippen LogP contribution is 2.19. The molecule has 3 heterocycles. The van der Waals surface area contributed by atoms with E-state index in [-0.39, 0.29) is 29.8 Å². The lowest BCUT2D eigenvalue weighted by Gasteiger charge is -2.11. The second-order valence-electron chi connectivity index (χ2n) is 7.09. The number of pyridine rings is 1. The van der Waals surface area contributed by atoms with Crippen molar-refractivity contribution in [3.05, 3.63) is 66.0 Å². The van der Waals surface area contributed by atoms with Crippen LogP contribution in [0.2, 0.25) is 0 Å². The van der Waals surface area contributed by atoms with Crippen molar-refractivity contribution in [1.82, 2.24) is 30.2 Å². The number of H-pyrrole nitrogens is 1. The first-order chi connectivity index (χ1) is 14.7. The third kappa shape index (κ3) is 5.72. The van der Waals surface area contributed by atoms with Crippen molar-refractivity contribution in [2.75, 3.05) is 19.6 Å². The highest BCUT2D eigenvalue weighted by atomic mass is 127. The summed E-state index contributed by atoms with van der Waals surface area (Å²) in [6, 6.07) is 10.7. The largest absolute Gasteiger partial charge is 0.361 e. The molecular weight excluding hydrogens is 508 g/mol. The Kier molecular flexibility index (Phi) is 8.21. The van der Waals surface area contributed by atoms with Gasteiger partial charge in [-0.3, -0.25) is 9.39 Å². The van der Waals surface area contributed by atoms with Crippen molar-refractivity contribution in [3.63, 3.8) is 0 Å². The third-order valence-corrected chi connectivity index (χ3v) is 4.97. The van der Waals surface area contributed by atoms with E-state index in [1.807, 2.05) is 41.9 Å². The number of aromatic nitrogens is 4. The van der Waals surface area contributed by atoms with Gasteiger partial charge in [0.2, 0.25) is 0 Å². The van der Waals surface area contributed by atoms with E-state index in [9.17, 15) is 4.39 Å². The number of hydrogen-bond acceptors (Lipinski definition) is 3. The molecule has 9 heteroatoms. The highest BCUT2D eigenvalue weighted by molar-refractivity contribution is 14.0. The van der Waals surface area contributed by atoms with Gasteiger partial charge in [-0.2, -0.15) is 0 Å². The van der Waals surface area contributed by atoms with E-state index in [1.165, 1.54) is 6.07 Å². The first-order valence-electron chi connectivity index (χ1n) is 10.3. The summed E-state index contributed by atoms with van der Waals surface area (Å²) >= 11 is 0. The van der Waals surface area contributed by atoms with E-state index in [1.54, 1.807) is 12.1 Å². The van der Waals surface area contributed by atoms with Crippen LogP contribution in [0.3, 0.4) is 0 Å². The van der Waals surface area contributed by atoms with Crippen LogP contribution in [0.25, 0.3) is 16.6 Å². The molecule has 4 aromatic rings. The number of aliphatic imine (C=N–C) groups is 1. The van der Waals surface area contributed by atoms with Crippen LogP contribution in [0, 0.1) is 5.82 Å². The van der Waals surface area contributed by atoms with Gasteiger partial charge in [0.15, 0.2) is 11.6 Å². The summed E-state index contributed by atoms with van der Waals surface area (Å²) in [5.74, 6) is 1.52. The van der Waals surface area contributed by atoms with Gasteiger partial charge in [-0.1, -0.05) is 6.07 Å². The van der Waals surface area contributed by atoms with Gasteiger partial charge in [-0.25, -0.2) is 4.39 Å². The zero-order chi connectivity index (χ0) is 20.8. The van der Waals surface area contributed by atoms with Gasteiger partial charge in [0, 0.05) is 49.4 Å². The Morgan fingerprint density at radius 2 is 2.06 bits per heavy atom. The molecule has 0 fully saturated rings. The van der Waals surface area contributed by atoms with E-state index in [0.717, 1.165) is 59.7 Å². The molecule has 0 bridgehead atoms. The molecule has 0 saturated heterocycles. The molecule has 3 N–H and O–H groups in total. The van der Waals surface area contributed by atoms with E-state index in [4.69, 9.17) is 0 Å². The average Bonchev–Trinajstić information content (AvgIpc) is 3.35. The second-order valence-corrected chi connectivity index (χ2v) is 7.09. The predicted octanol–water partition coefficient (Wildman–Crippen LogP) is 3.70. The summed E-state index contributed by atoms with van der Waals surface area (Å²) in [5, 5.41) is 16.0. The average molecular weight is 535 g/mol. The number of halogens is 2. The minimum atomic E-state index is -0.216. The number of rotatable bonds is 8. The van der Waals surface area contributed by atoms with Crippen molar-refractivity contribution in [2.24, 2.45) is 4.99 Å². The van der Waals surface area contributed by atoms with E-state index in [2.05, 4.69) is 30.8 Å². The molecule has 0 radical (unpaired) electrons. The summed E-state index contributed by atoms with van der Waals surface area (Å²) < 4.78 is 15.5. The molecule has 7 nitrogen and oxygen atoms in total. The van der Waals surface area contributed by atoms with Gasteiger partial charge in [-0.05, 0) is 55.7 Å². The second kappa shape index (κ2) is 11.1. The molecule has 0 spiro atoms. The van der Waals surface area contributed by atoms with Crippen LogP contribution in [-0.4, -0.2) is 45.2 Å². The molecule has 0 aliphatic carbocycles. The molecule has 0 aliphatic rings. The van der Waals surface area contributed by atoms with E-state index >= 15 is 0 Å². The van der Waals surface area contributed by atoms with Crippen molar-refractivity contribution in [3.8, 4) is 0 Å². The summed E-state index contributed by atoms with van der Waals surface area (Å²) in [5.41, 5.74) is 2.91. The molecular formula is C22H27FIN7. The van der Waals surface area contributed by atoms with E-state index < -0.39 is 0 Å². The van der Waals surface area contributed by atoms with Gasteiger partial charge in [0.05, 0.1) is 0 Å². The number of fused-ring (bicyclic) bond motifs is 2. The molecule has 3 aromatic heterocycles. The Hall–Kier alpha value is -2.69. The maximum atomic E-state index is 13.5. The minimum absolute atomic E-state index is 0. The number of aromatic amines is 1. The van der Waals surface area contributed by atoms with Crippen molar-refractivity contribution in [1.29, 1.82) is 0 Å². The van der Waals surface area contributed by atoms with Gasteiger partial charge in [0.1, 0.15) is 11.6 Å². The molecule has 0 atom stereocenters. The van der Waals surface area contributed by atoms with E-state index in [0.29, 0.717) is 13.1 Å². The number of hydrogen-bond donors (Lipinski definition) is 3. The molecule has 0 aliphatic heterocycles. The van der Waals surface area contributed by atoms with Crippen LogP contribution < -0.4 is 10.6 Å². The lowest BCUT2D eigenvalue weighted by Crippen LogP contribution is -2.38. The maximum Gasteiger partial charge on any atom is 0.191 e. The lowest BCUT2D eigenvalue weighted by atomic mass is 10.1. The fourth-order valence-electron chi connectivity index (χ4n) is 3.50. The third-order valence-electron chi connectivity index (χ3n) is 4.97. The Morgan fingerprint density at radius 1 is 1.16 bits per heavy atom. The van der Waals surface area contributed by atoms with Crippen molar-refractivity contribution in [2.45, 2.75) is 26.2 Å². The zero-order valence-corrected chi connectivity index (χ0v) is 19.8. The molecule has 0 amide bonds. The SMILES string of the molecule is CCNC(=NCCCc1nnc2ccccn12)NCCc1c[nH]c2ccc(F)cc12.I. The van der Waals surface area contributed by atoms with Gasteiger partial charge < -0.3 is 15.6 Å². The molecule has 1 aromatic carbocycles. The fourth-order valence-corrected chi connectivity index (χ4v) is 3.50. The van der Waals surface area contributed by atoms with Crippen molar-refractivity contribution < 1.29 is 4.39 Å². The van der Waals surface area contributed by atoms with Gasteiger partial charge in [0.25, 0.3) is 0 Å². The Bertz CT molecular complexity index is 1150. The highest BCUT2D eigenvalue weighted by Gasteiger charge is 2.06. The van der Waals surface area contributed by atoms with Crippen molar-refractivity contribution >= 4 is 46.5 Å². The summed E-state index contributed by atoms with van der Waals surface area (Å²) in [4.78, 5) is 7.85. The standard InChI is InChI=1S/C22H26FN7.HI/c1-2-24-22(25-11-5-7-21-29-28-20-6-3-4-13-30(20)21)26-12-10-16-15-27-19-9-8-17(23)14-18(16)19;/h3-4,6,8-9,13-15,27H,2,5,7,10-12H2,1H3,(H2,24,25,26);1H. The normalized spacial score (nSPS) is 11.6. The first kappa shape index (κ1) is 23.0. The van der Waals surface area contributed by atoms with Gasteiger partial charge >= 0.3 is 0 Å². The molecule has 0 unspecified atom stereocenters. The Morgan fingerprint density at radius 3 is 2.94 bits per heavy atom. The Labute approximate surface area is 197 Å². The number of nitrogens with one attached hydrogen (secondary N) is 3. The molecule has 31 heavy (non-hydrogen) atoms. The molecule has 164 valence electrons. The lowest BCUT2D eigenvalue weighted by molar-refractivity contribution is 0.629. The molecule has 4 rings (SSSR count). The van der Waals surface area contributed by atoms with Crippen LogP contribution in [0.4, 0.5) is 4.39 Å². The minimum Gasteiger partial charge on any atom is -0.361 e. The first-order valence-corrected chi connectivity index (χ1v) is 10.3. The number of guanidine groups is 1. The van der Waals surface area contributed by atoms with Gasteiger partial charge in [-0.15, -0.1) is 34.2 Å². The van der Waals surface area contributed by atoms with Crippen LogP contribution >= 0.6 is 24.0 Å². The summed E-state index contributed by atoms with van der Waals surface area (Å²) in [7, 11) is 0. The van der Waals surface area contributed by atoms with Crippen LogP contribution in [-0.2, 0) is 12.8 Å². The summed E-state index contributed by atoms with van der Waals surface area (Å²) in [6.07, 6.45) is 6.40. The summed E-state index contributed by atoms with van der Waals surface area (Å²) in [6.45, 7) is 4.24. The molecule has 0 saturated carbocycles. The quantitative estimate of drug-likeness (QED) is 0.139. The number of benzene rings is 1. The monoisotopic (exact) mass is 535 g/mol. The van der Waals surface area contributed by atoms with Crippen LogP contribution in [0.15, 0.2) is 53.8 Å². The maximum absolute atomic E-state index is 13.5. The van der Waals surface area contributed by atoms with Crippen LogP contribution in [0.1, 0.15) is 24.7 Å². The number of nitrogens with zero attached hydrogens (tertiary/aromatic N) is 4. The smallest absolute Gasteiger partial charge is 0.191 e. The number of aryl methyl sites for hydroxylation is 1.